The first-order valence-electron chi connectivity index (χ1n) is 10.5. The third kappa shape index (κ3) is 3.34. The van der Waals surface area contributed by atoms with Gasteiger partial charge in [-0.1, -0.05) is 36.7 Å². The molecule has 4 heteroatoms. The molecular formula is C22H35BrO3. The van der Waals surface area contributed by atoms with Crippen LogP contribution < -0.4 is 0 Å². The molecule has 3 rings (SSSR count). The van der Waals surface area contributed by atoms with Crippen LogP contribution >= 0.6 is 15.9 Å². The summed E-state index contributed by atoms with van der Waals surface area (Å²) in [7, 11) is 0. The molecule has 8 atom stereocenters. The molecule has 0 aromatic rings. The van der Waals surface area contributed by atoms with Crippen molar-refractivity contribution in [3.8, 4) is 0 Å². The van der Waals surface area contributed by atoms with Gasteiger partial charge >= 0.3 is 0 Å². The van der Waals surface area contributed by atoms with Gasteiger partial charge in [0.2, 0.25) is 0 Å². The highest BCUT2D eigenvalue weighted by atomic mass is 79.9. The fourth-order valence-electron chi connectivity index (χ4n) is 6.88. The zero-order valence-electron chi connectivity index (χ0n) is 16.8. The number of carbonyl (C=O) groups is 2. The minimum Gasteiger partial charge on any atom is -0.390 e. The van der Waals surface area contributed by atoms with E-state index < -0.39 is 5.60 Å². The van der Waals surface area contributed by atoms with Crippen molar-refractivity contribution in [2.24, 2.45) is 40.9 Å². The number of halogens is 1. The topological polar surface area (TPSA) is 54.4 Å². The van der Waals surface area contributed by atoms with Gasteiger partial charge in [-0.3, -0.25) is 9.59 Å². The highest BCUT2D eigenvalue weighted by molar-refractivity contribution is 9.09. The Morgan fingerprint density at radius 2 is 1.92 bits per heavy atom. The second-order valence-electron chi connectivity index (χ2n) is 9.90. The van der Waals surface area contributed by atoms with E-state index in [2.05, 4.69) is 36.7 Å². The van der Waals surface area contributed by atoms with Crippen molar-refractivity contribution in [2.75, 3.05) is 5.33 Å². The number of hydrogen-bond donors (Lipinski definition) is 1. The summed E-state index contributed by atoms with van der Waals surface area (Å²) in [6.07, 6.45) is 6.09. The van der Waals surface area contributed by atoms with Crippen molar-refractivity contribution in [2.45, 2.75) is 78.2 Å². The summed E-state index contributed by atoms with van der Waals surface area (Å²) in [6, 6.07) is 0. The van der Waals surface area contributed by atoms with E-state index in [-0.39, 0.29) is 17.3 Å². The van der Waals surface area contributed by atoms with Crippen molar-refractivity contribution < 1.29 is 14.7 Å². The maximum Gasteiger partial charge on any atom is 0.147 e. The van der Waals surface area contributed by atoms with Crippen LogP contribution in [0.4, 0.5) is 0 Å². The summed E-state index contributed by atoms with van der Waals surface area (Å²) < 4.78 is 0. The Bertz CT molecular complexity index is 572. The Kier molecular flexibility index (Phi) is 5.77. The standard InChI is InChI=1S/C22H35BrO3/c1-5-22(4)17(6-7-18(22)20(25)12-23)15-10-19(24)16-11-21(3,26)9-8-14(16)13(15)2/h13-18,26H,5-12H2,1-4H3/t13-,14-,15-,16+,17+,18-,21-,22+/m1/s1. The van der Waals surface area contributed by atoms with E-state index in [9.17, 15) is 14.7 Å². The van der Waals surface area contributed by atoms with E-state index >= 15 is 0 Å². The predicted octanol–water partition coefficient (Wildman–Crippen LogP) is 4.79. The lowest BCUT2D eigenvalue weighted by Gasteiger charge is -2.51. The molecule has 3 nitrogen and oxygen atoms in total. The molecule has 3 aliphatic rings. The monoisotopic (exact) mass is 426 g/mol. The van der Waals surface area contributed by atoms with Crippen molar-refractivity contribution in [3.05, 3.63) is 0 Å². The molecule has 0 spiro atoms. The average Bonchev–Trinajstić information content (AvgIpc) is 2.94. The molecule has 3 saturated carbocycles. The molecule has 0 aromatic heterocycles. The normalized spacial score (nSPS) is 49.1. The van der Waals surface area contributed by atoms with E-state index in [1.807, 2.05) is 6.92 Å². The molecule has 0 aliphatic heterocycles. The predicted molar refractivity (Wildman–Crippen MR) is 107 cm³/mol. The molecule has 3 fully saturated rings. The van der Waals surface area contributed by atoms with Crippen LogP contribution in [0.5, 0.6) is 0 Å². The fourth-order valence-corrected chi connectivity index (χ4v) is 7.27. The molecule has 1 N–H and O–H groups in total. The first kappa shape index (κ1) is 20.5. The minimum absolute atomic E-state index is 0.0110. The smallest absolute Gasteiger partial charge is 0.147 e. The maximum atomic E-state index is 13.0. The van der Waals surface area contributed by atoms with Gasteiger partial charge in [0, 0.05) is 18.3 Å². The SMILES string of the molecule is CC[C@]1(C)[C@@H](C(=O)CBr)CC[C@H]1[C@@H]1CC(=O)[C@H]2C[C@](C)(O)CC[C@@H]2[C@H]1C. The Morgan fingerprint density at radius 3 is 2.54 bits per heavy atom. The van der Waals surface area contributed by atoms with E-state index in [0.29, 0.717) is 53.4 Å². The molecule has 3 aliphatic carbocycles. The number of aliphatic hydroxyl groups is 1. The molecule has 0 saturated heterocycles. The van der Waals surface area contributed by atoms with Gasteiger partial charge in [-0.15, -0.1) is 0 Å². The number of carbonyl (C=O) groups excluding carboxylic acids is 2. The Morgan fingerprint density at radius 1 is 1.23 bits per heavy atom. The summed E-state index contributed by atoms with van der Waals surface area (Å²) in [5.41, 5.74) is -0.668. The molecule has 0 amide bonds. The molecule has 0 bridgehead atoms. The van der Waals surface area contributed by atoms with Gasteiger partial charge in [-0.2, -0.15) is 0 Å². The van der Waals surface area contributed by atoms with Crippen LogP contribution in [0.2, 0.25) is 0 Å². The summed E-state index contributed by atoms with van der Waals surface area (Å²) in [5.74, 6) is 2.64. The number of hydrogen-bond acceptors (Lipinski definition) is 3. The van der Waals surface area contributed by atoms with E-state index in [1.54, 1.807) is 0 Å². The third-order valence-electron chi connectivity index (χ3n) is 8.60. The number of fused-ring (bicyclic) bond motifs is 1. The van der Waals surface area contributed by atoms with Crippen LogP contribution in [0.3, 0.4) is 0 Å². The quantitative estimate of drug-likeness (QED) is 0.657. The van der Waals surface area contributed by atoms with Crippen molar-refractivity contribution in [3.63, 3.8) is 0 Å². The number of ketones is 2. The highest BCUT2D eigenvalue weighted by Gasteiger charge is 2.56. The van der Waals surface area contributed by atoms with E-state index in [0.717, 1.165) is 32.1 Å². The Labute approximate surface area is 166 Å². The van der Waals surface area contributed by atoms with Gasteiger partial charge in [0.15, 0.2) is 0 Å². The van der Waals surface area contributed by atoms with Crippen LogP contribution in [0.1, 0.15) is 72.6 Å². The Hall–Kier alpha value is -0.220. The Balaban J connectivity index is 1.84. The second-order valence-corrected chi connectivity index (χ2v) is 10.5. The van der Waals surface area contributed by atoms with Crippen molar-refractivity contribution in [1.82, 2.24) is 0 Å². The highest BCUT2D eigenvalue weighted by Crippen LogP contribution is 2.59. The summed E-state index contributed by atoms with van der Waals surface area (Å²) in [5, 5.41) is 10.9. The first-order chi connectivity index (χ1) is 12.1. The van der Waals surface area contributed by atoms with Crippen molar-refractivity contribution in [1.29, 1.82) is 0 Å². The molecular weight excluding hydrogens is 392 g/mol. The lowest BCUT2D eigenvalue weighted by molar-refractivity contribution is -0.143. The number of alkyl halides is 1. The zero-order chi connectivity index (χ0) is 19.3. The van der Waals surface area contributed by atoms with Crippen LogP contribution in [-0.2, 0) is 9.59 Å². The van der Waals surface area contributed by atoms with Gasteiger partial charge < -0.3 is 5.11 Å². The van der Waals surface area contributed by atoms with Crippen LogP contribution in [0.15, 0.2) is 0 Å². The van der Waals surface area contributed by atoms with Gasteiger partial charge in [0.1, 0.15) is 11.6 Å². The maximum absolute atomic E-state index is 13.0. The average molecular weight is 427 g/mol. The van der Waals surface area contributed by atoms with E-state index in [4.69, 9.17) is 0 Å². The van der Waals surface area contributed by atoms with Crippen molar-refractivity contribution >= 4 is 27.5 Å². The lowest BCUT2D eigenvalue weighted by Crippen LogP contribution is -2.50. The van der Waals surface area contributed by atoms with Gasteiger partial charge in [0.05, 0.1) is 10.9 Å². The van der Waals surface area contributed by atoms with Gasteiger partial charge in [-0.25, -0.2) is 0 Å². The van der Waals surface area contributed by atoms with Crippen LogP contribution in [0, 0.1) is 40.9 Å². The van der Waals surface area contributed by atoms with Gasteiger partial charge in [-0.05, 0) is 74.5 Å². The second kappa shape index (κ2) is 7.31. The van der Waals surface area contributed by atoms with E-state index in [1.165, 1.54) is 0 Å². The molecule has 26 heavy (non-hydrogen) atoms. The lowest BCUT2D eigenvalue weighted by atomic mass is 9.53. The van der Waals surface area contributed by atoms with Gasteiger partial charge in [0.25, 0.3) is 0 Å². The summed E-state index contributed by atoms with van der Waals surface area (Å²) in [6.45, 7) is 8.73. The summed E-state index contributed by atoms with van der Waals surface area (Å²) >= 11 is 3.37. The molecule has 0 aromatic carbocycles. The summed E-state index contributed by atoms with van der Waals surface area (Å²) in [4.78, 5) is 25.5. The fraction of sp³-hybridized carbons (Fsp3) is 0.909. The largest absolute Gasteiger partial charge is 0.390 e. The molecule has 0 heterocycles. The number of rotatable bonds is 4. The number of Topliss-reactive ketones (excluding diaryl/α,β-unsaturated/α-hetero) is 2. The van der Waals surface area contributed by atoms with Crippen LogP contribution in [-0.4, -0.2) is 27.6 Å². The minimum atomic E-state index is -0.679. The first-order valence-corrected chi connectivity index (χ1v) is 11.6. The van der Waals surface area contributed by atoms with Crippen LogP contribution in [0.25, 0.3) is 0 Å². The molecule has 0 unspecified atom stereocenters. The molecule has 148 valence electrons. The third-order valence-corrected chi connectivity index (χ3v) is 9.15. The zero-order valence-corrected chi connectivity index (χ0v) is 18.3. The molecule has 0 radical (unpaired) electrons.